The molecule has 0 radical (unpaired) electrons. The number of hydrogen-bond acceptors (Lipinski definition) is 4. The zero-order chi connectivity index (χ0) is 17.5. The Hall–Kier alpha value is -2.04. The first-order valence-electron chi connectivity index (χ1n) is 7.88. The molecule has 5 nitrogen and oxygen atoms in total. The second kappa shape index (κ2) is 8.56. The van der Waals surface area contributed by atoms with Gasteiger partial charge in [-0.3, -0.25) is 9.59 Å². The molecule has 0 spiro atoms. The van der Waals surface area contributed by atoms with Crippen molar-refractivity contribution in [1.82, 2.24) is 5.32 Å². The van der Waals surface area contributed by atoms with E-state index in [-0.39, 0.29) is 43.0 Å². The van der Waals surface area contributed by atoms with E-state index < -0.39 is 0 Å². The van der Waals surface area contributed by atoms with Gasteiger partial charge in [0, 0.05) is 6.54 Å². The SMILES string of the molecule is CC(C)OC(=O)CCNC(=O)COc1ccc(C(C)(C)C)cc1. The van der Waals surface area contributed by atoms with Crippen LogP contribution in [0.4, 0.5) is 0 Å². The van der Waals surface area contributed by atoms with Gasteiger partial charge in [-0.05, 0) is 37.0 Å². The van der Waals surface area contributed by atoms with Crippen LogP contribution in [0.25, 0.3) is 0 Å². The quantitative estimate of drug-likeness (QED) is 0.784. The number of ether oxygens (including phenoxy) is 2. The lowest BCUT2D eigenvalue weighted by atomic mass is 9.87. The Balaban J connectivity index is 2.29. The molecule has 0 aliphatic heterocycles. The molecule has 1 rings (SSSR count). The van der Waals surface area contributed by atoms with Gasteiger partial charge >= 0.3 is 5.97 Å². The Morgan fingerprint density at radius 3 is 2.26 bits per heavy atom. The Labute approximate surface area is 138 Å². The predicted octanol–water partition coefficient (Wildman–Crippen LogP) is 2.82. The highest BCUT2D eigenvalue weighted by molar-refractivity contribution is 5.78. The first kappa shape index (κ1) is 19.0. The minimum absolute atomic E-state index is 0.0753. The third kappa shape index (κ3) is 7.68. The number of amides is 1. The topological polar surface area (TPSA) is 64.6 Å². The fraction of sp³-hybridized carbons (Fsp3) is 0.556. The summed E-state index contributed by atoms with van der Waals surface area (Å²) < 4.78 is 10.4. The van der Waals surface area contributed by atoms with E-state index in [0.717, 1.165) is 0 Å². The van der Waals surface area contributed by atoms with Gasteiger partial charge < -0.3 is 14.8 Å². The summed E-state index contributed by atoms with van der Waals surface area (Å²) in [6.07, 6.45) is 0.0158. The van der Waals surface area contributed by atoms with Gasteiger partial charge in [-0.1, -0.05) is 32.9 Å². The van der Waals surface area contributed by atoms with Crippen molar-refractivity contribution in [3.05, 3.63) is 29.8 Å². The zero-order valence-corrected chi connectivity index (χ0v) is 14.6. The first-order valence-corrected chi connectivity index (χ1v) is 7.88. The molecule has 1 aromatic rings. The molecule has 0 aromatic heterocycles. The lowest BCUT2D eigenvalue weighted by Gasteiger charge is -2.19. The number of nitrogens with one attached hydrogen (secondary N) is 1. The van der Waals surface area contributed by atoms with Crippen LogP contribution in [0, 0.1) is 0 Å². The number of rotatable bonds is 7. The summed E-state index contributed by atoms with van der Waals surface area (Å²) in [5.41, 5.74) is 1.29. The van der Waals surface area contributed by atoms with E-state index in [2.05, 4.69) is 26.1 Å². The molecule has 0 aliphatic carbocycles. The fourth-order valence-corrected chi connectivity index (χ4v) is 1.88. The minimum Gasteiger partial charge on any atom is -0.484 e. The van der Waals surface area contributed by atoms with Crippen molar-refractivity contribution in [2.45, 2.75) is 52.6 Å². The Kier molecular flexibility index (Phi) is 7.07. The van der Waals surface area contributed by atoms with Crippen molar-refractivity contribution in [3.63, 3.8) is 0 Å². The molecule has 0 fully saturated rings. The van der Waals surface area contributed by atoms with Crippen LogP contribution >= 0.6 is 0 Å². The summed E-state index contributed by atoms with van der Waals surface area (Å²) >= 11 is 0. The van der Waals surface area contributed by atoms with Crippen molar-refractivity contribution in [2.24, 2.45) is 0 Å². The Morgan fingerprint density at radius 2 is 1.74 bits per heavy atom. The summed E-state index contributed by atoms with van der Waals surface area (Å²) in [5, 5.41) is 2.63. The third-order valence-corrected chi connectivity index (χ3v) is 3.11. The highest BCUT2D eigenvalue weighted by atomic mass is 16.5. The first-order chi connectivity index (χ1) is 10.7. The second-order valence-corrected chi connectivity index (χ2v) is 6.70. The summed E-state index contributed by atoms with van der Waals surface area (Å²) in [5.74, 6) is 0.0635. The van der Waals surface area contributed by atoms with Crippen molar-refractivity contribution in [2.75, 3.05) is 13.2 Å². The summed E-state index contributed by atoms with van der Waals surface area (Å²) in [6.45, 7) is 10.2. The molecule has 0 unspecified atom stereocenters. The Morgan fingerprint density at radius 1 is 1.13 bits per heavy atom. The molecule has 23 heavy (non-hydrogen) atoms. The summed E-state index contributed by atoms with van der Waals surface area (Å²) in [7, 11) is 0. The van der Waals surface area contributed by atoms with E-state index in [4.69, 9.17) is 9.47 Å². The van der Waals surface area contributed by atoms with Gasteiger partial charge in [0.1, 0.15) is 5.75 Å². The number of carbonyl (C=O) groups is 2. The van der Waals surface area contributed by atoms with Gasteiger partial charge in [-0.15, -0.1) is 0 Å². The van der Waals surface area contributed by atoms with Crippen LogP contribution < -0.4 is 10.1 Å². The van der Waals surface area contributed by atoms with Crippen LogP contribution in [-0.2, 0) is 19.7 Å². The van der Waals surface area contributed by atoms with Gasteiger partial charge in [0.15, 0.2) is 6.61 Å². The van der Waals surface area contributed by atoms with Crippen LogP contribution in [0.2, 0.25) is 0 Å². The molecule has 1 aromatic carbocycles. The minimum atomic E-state index is -0.320. The van der Waals surface area contributed by atoms with Crippen LogP contribution in [0.3, 0.4) is 0 Å². The highest BCUT2D eigenvalue weighted by Crippen LogP contribution is 2.24. The van der Waals surface area contributed by atoms with Gasteiger partial charge in [0.2, 0.25) is 0 Å². The molecule has 1 amide bonds. The van der Waals surface area contributed by atoms with Crippen molar-refractivity contribution in [1.29, 1.82) is 0 Å². The number of esters is 1. The monoisotopic (exact) mass is 321 g/mol. The number of carbonyl (C=O) groups excluding carboxylic acids is 2. The van der Waals surface area contributed by atoms with E-state index in [1.54, 1.807) is 13.8 Å². The number of benzene rings is 1. The normalized spacial score (nSPS) is 11.2. The molecule has 0 saturated heterocycles. The van der Waals surface area contributed by atoms with E-state index in [9.17, 15) is 9.59 Å². The van der Waals surface area contributed by atoms with Crippen molar-refractivity contribution < 1.29 is 19.1 Å². The highest BCUT2D eigenvalue weighted by Gasteiger charge is 2.13. The van der Waals surface area contributed by atoms with Crippen LogP contribution in [0.15, 0.2) is 24.3 Å². The van der Waals surface area contributed by atoms with E-state index in [1.807, 2.05) is 24.3 Å². The standard InChI is InChI=1S/C18H27NO4/c1-13(2)23-17(21)10-11-19-16(20)12-22-15-8-6-14(7-9-15)18(3,4)5/h6-9,13H,10-12H2,1-5H3,(H,19,20). The van der Waals surface area contributed by atoms with Crippen LogP contribution in [-0.4, -0.2) is 31.1 Å². The van der Waals surface area contributed by atoms with Gasteiger partial charge in [0.05, 0.1) is 12.5 Å². The van der Waals surface area contributed by atoms with E-state index in [1.165, 1.54) is 5.56 Å². The molecular weight excluding hydrogens is 294 g/mol. The van der Waals surface area contributed by atoms with Gasteiger partial charge in [-0.25, -0.2) is 0 Å². The maximum atomic E-state index is 11.7. The lowest BCUT2D eigenvalue weighted by Crippen LogP contribution is -2.31. The summed E-state index contributed by atoms with van der Waals surface area (Å²) in [6, 6.07) is 7.70. The maximum absolute atomic E-state index is 11.7. The summed E-state index contributed by atoms with van der Waals surface area (Å²) in [4.78, 5) is 23.0. The molecule has 1 N–H and O–H groups in total. The third-order valence-electron chi connectivity index (χ3n) is 3.11. The average Bonchev–Trinajstić information content (AvgIpc) is 2.44. The van der Waals surface area contributed by atoms with Crippen LogP contribution in [0.1, 0.15) is 46.6 Å². The predicted molar refractivity (Wildman–Crippen MR) is 89.5 cm³/mol. The number of hydrogen-bond donors (Lipinski definition) is 1. The molecular formula is C18H27NO4. The van der Waals surface area contributed by atoms with Crippen molar-refractivity contribution in [3.8, 4) is 5.75 Å². The molecule has 0 atom stereocenters. The maximum Gasteiger partial charge on any atom is 0.307 e. The second-order valence-electron chi connectivity index (χ2n) is 6.70. The van der Waals surface area contributed by atoms with Gasteiger partial charge in [0.25, 0.3) is 5.91 Å². The van der Waals surface area contributed by atoms with E-state index in [0.29, 0.717) is 5.75 Å². The molecule has 128 valence electrons. The molecule has 0 aliphatic rings. The van der Waals surface area contributed by atoms with Crippen LogP contribution in [0.5, 0.6) is 5.75 Å². The average molecular weight is 321 g/mol. The molecule has 5 heteroatoms. The lowest BCUT2D eigenvalue weighted by molar-refractivity contribution is -0.147. The van der Waals surface area contributed by atoms with Crippen molar-refractivity contribution >= 4 is 11.9 Å². The molecule has 0 saturated carbocycles. The van der Waals surface area contributed by atoms with Gasteiger partial charge in [-0.2, -0.15) is 0 Å². The molecule has 0 heterocycles. The molecule has 0 bridgehead atoms. The largest absolute Gasteiger partial charge is 0.484 e. The Bertz CT molecular complexity index is 515. The fourth-order valence-electron chi connectivity index (χ4n) is 1.88. The van der Waals surface area contributed by atoms with E-state index >= 15 is 0 Å². The zero-order valence-electron chi connectivity index (χ0n) is 14.6. The smallest absolute Gasteiger partial charge is 0.307 e.